The van der Waals surface area contributed by atoms with Crippen LogP contribution in [0.15, 0.2) is 30.3 Å². The van der Waals surface area contributed by atoms with Crippen LogP contribution in [0.1, 0.15) is 5.56 Å². The Bertz CT molecular complexity index is 405. The van der Waals surface area contributed by atoms with Gasteiger partial charge in [0.25, 0.3) is 0 Å². The van der Waals surface area contributed by atoms with Crippen molar-refractivity contribution in [1.29, 1.82) is 0 Å². The Morgan fingerprint density at radius 1 is 1.15 bits per heavy atom. The Hall–Kier alpha value is -1.04. The topological polar surface area (TPSA) is 49.6 Å². The third kappa shape index (κ3) is 4.81. The fourth-order valence-electron chi connectivity index (χ4n) is 2.33. The zero-order valence-electron chi connectivity index (χ0n) is 11.8. The van der Waals surface area contributed by atoms with Gasteiger partial charge >= 0.3 is 0 Å². The van der Waals surface area contributed by atoms with Gasteiger partial charge in [-0.05, 0) is 5.56 Å². The normalized spacial score (nSPS) is 16.4. The molecule has 2 rings (SSSR count). The summed E-state index contributed by atoms with van der Waals surface area (Å²) >= 11 is 1.63. The highest BCUT2D eigenvalue weighted by atomic mass is 32.2. The lowest BCUT2D eigenvalue weighted by Gasteiger charge is -2.34. The van der Waals surface area contributed by atoms with E-state index in [4.69, 9.17) is 5.73 Å². The van der Waals surface area contributed by atoms with E-state index in [1.54, 1.807) is 11.8 Å². The van der Waals surface area contributed by atoms with Crippen molar-refractivity contribution in [2.75, 3.05) is 44.2 Å². The van der Waals surface area contributed by atoms with Gasteiger partial charge in [-0.15, -0.1) is 0 Å². The van der Waals surface area contributed by atoms with Crippen molar-refractivity contribution < 1.29 is 4.79 Å². The second-order valence-electron chi connectivity index (χ2n) is 4.98. The molecular formula is C15H23N3OS. The summed E-state index contributed by atoms with van der Waals surface area (Å²) in [5, 5.41) is 0. The minimum atomic E-state index is 0.253. The maximum absolute atomic E-state index is 12.0. The lowest BCUT2D eigenvalue weighted by atomic mass is 10.2. The molecule has 20 heavy (non-hydrogen) atoms. The van der Waals surface area contributed by atoms with Crippen LogP contribution in [0.25, 0.3) is 0 Å². The molecule has 1 aliphatic heterocycles. The average molecular weight is 293 g/mol. The number of piperazine rings is 1. The summed E-state index contributed by atoms with van der Waals surface area (Å²) in [5.74, 6) is 1.68. The van der Waals surface area contributed by atoms with E-state index >= 15 is 0 Å². The maximum atomic E-state index is 12.0. The van der Waals surface area contributed by atoms with Crippen LogP contribution in [-0.4, -0.2) is 59.9 Å². The van der Waals surface area contributed by atoms with Crippen molar-refractivity contribution in [3.8, 4) is 0 Å². The van der Waals surface area contributed by atoms with Crippen LogP contribution in [0.4, 0.5) is 0 Å². The van der Waals surface area contributed by atoms with Crippen molar-refractivity contribution in [3.63, 3.8) is 0 Å². The summed E-state index contributed by atoms with van der Waals surface area (Å²) < 4.78 is 0. The SMILES string of the molecule is NCCSCC(=O)N1CCN(Cc2ccccc2)CC1. The maximum Gasteiger partial charge on any atom is 0.232 e. The van der Waals surface area contributed by atoms with Crippen molar-refractivity contribution in [2.45, 2.75) is 6.54 Å². The molecule has 1 aromatic rings. The van der Waals surface area contributed by atoms with Crippen LogP contribution in [0.2, 0.25) is 0 Å². The van der Waals surface area contributed by atoms with Crippen molar-refractivity contribution in [1.82, 2.24) is 9.80 Å². The Balaban J connectivity index is 1.71. The predicted octanol–water partition coefficient (Wildman–Crippen LogP) is 1.02. The molecule has 0 bridgehead atoms. The zero-order chi connectivity index (χ0) is 14.2. The number of carbonyl (C=O) groups excluding carboxylic acids is 1. The summed E-state index contributed by atoms with van der Waals surface area (Å²) in [7, 11) is 0. The van der Waals surface area contributed by atoms with E-state index in [-0.39, 0.29) is 5.91 Å². The number of hydrogen-bond donors (Lipinski definition) is 1. The molecule has 0 radical (unpaired) electrons. The largest absolute Gasteiger partial charge is 0.339 e. The minimum absolute atomic E-state index is 0.253. The molecule has 0 aliphatic carbocycles. The molecule has 0 aromatic heterocycles. The Kier molecular flexibility index (Phi) is 6.36. The highest BCUT2D eigenvalue weighted by molar-refractivity contribution is 7.99. The summed E-state index contributed by atoms with van der Waals surface area (Å²) in [5.41, 5.74) is 6.77. The van der Waals surface area contributed by atoms with Gasteiger partial charge in [-0.3, -0.25) is 9.69 Å². The number of hydrogen-bond acceptors (Lipinski definition) is 4. The van der Waals surface area contributed by atoms with Gasteiger partial charge in [-0.2, -0.15) is 11.8 Å². The summed E-state index contributed by atoms with van der Waals surface area (Å²) in [4.78, 5) is 16.4. The third-order valence-electron chi connectivity index (χ3n) is 3.46. The lowest BCUT2D eigenvalue weighted by molar-refractivity contribution is -0.130. The number of rotatable bonds is 6. The van der Waals surface area contributed by atoms with Gasteiger partial charge in [-0.1, -0.05) is 30.3 Å². The highest BCUT2D eigenvalue weighted by Crippen LogP contribution is 2.10. The monoisotopic (exact) mass is 293 g/mol. The van der Waals surface area contributed by atoms with E-state index in [1.165, 1.54) is 5.56 Å². The Morgan fingerprint density at radius 2 is 1.85 bits per heavy atom. The van der Waals surface area contributed by atoms with E-state index in [2.05, 4.69) is 29.2 Å². The third-order valence-corrected chi connectivity index (χ3v) is 4.44. The van der Waals surface area contributed by atoms with Crippen LogP contribution in [0, 0.1) is 0 Å². The zero-order valence-corrected chi connectivity index (χ0v) is 12.6. The molecule has 4 nitrogen and oxygen atoms in total. The van der Waals surface area contributed by atoms with E-state index in [1.807, 2.05) is 11.0 Å². The van der Waals surface area contributed by atoms with E-state index in [0.29, 0.717) is 12.3 Å². The number of benzene rings is 1. The predicted molar refractivity (Wildman–Crippen MR) is 84.7 cm³/mol. The molecule has 0 unspecified atom stereocenters. The van der Waals surface area contributed by atoms with Crippen molar-refractivity contribution in [3.05, 3.63) is 35.9 Å². The smallest absolute Gasteiger partial charge is 0.232 e. The van der Waals surface area contributed by atoms with Gasteiger partial charge in [-0.25, -0.2) is 0 Å². The summed E-state index contributed by atoms with van der Waals surface area (Å²) in [6.07, 6.45) is 0. The quantitative estimate of drug-likeness (QED) is 0.796. The molecule has 0 atom stereocenters. The molecule has 1 aromatic carbocycles. The van der Waals surface area contributed by atoms with Crippen LogP contribution < -0.4 is 5.73 Å². The first-order valence-electron chi connectivity index (χ1n) is 7.11. The summed E-state index contributed by atoms with van der Waals surface area (Å²) in [6.45, 7) is 5.22. The standard InChI is InChI=1S/C15H23N3OS/c16-6-11-20-13-15(19)18-9-7-17(8-10-18)12-14-4-2-1-3-5-14/h1-5H,6-13,16H2. The van der Waals surface area contributed by atoms with Gasteiger partial charge in [0.1, 0.15) is 0 Å². The molecule has 1 saturated heterocycles. The van der Waals surface area contributed by atoms with Crippen LogP contribution in [-0.2, 0) is 11.3 Å². The minimum Gasteiger partial charge on any atom is -0.339 e. The van der Waals surface area contributed by atoms with Crippen LogP contribution in [0.3, 0.4) is 0 Å². The van der Waals surface area contributed by atoms with Crippen molar-refractivity contribution >= 4 is 17.7 Å². The number of thioether (sulfide) groups is 1. The van der Waals surface area contributed by atoms with E-state index in [0.717, 1.165) is 38.5 Å². The second kappa shape index (κ2) is 8.29. The molecule has 0 saturated carbocycles. The first-order valence-corrected chi connectivity index (χ1v) is 8.27. The Labute approximate surface area is 125 Å². The molecule has 2 N–H and O–H groups in total. The lowest BCUT2D eigenvalue weighted by Crippen LogP contribution is -2.48. The molecule has 5 heteroatoms. The van der Waals surface area contributed by atoms with Gasteiger partial charge in [0.15, 0.2) is 0 Å². The van der Waals surface area contributed by atoms with Gasteiger partial charge < -0.3 is 10.6 Å². The van der Waals surface area contributed by atoms with Gasteiger partial charge in [0.05, 0.1) is 5.75 Å². The average Bonchev–Trinajstić information content (AvgIpc) is 2.49. The van der Waals surface area contributed by atoms with E-state index in [9.17, 15) is 4.79 Å². The molecule has 110 valence electrons. The Morgan fingerprint density at radius 3 is 2.50 bits per heavy atom. The fraction of sp³-hybridized carbons (Fsp3) is 0.533. The highest BCUT2D eigenvalue weighted by Gasteiger charge is 2.20. The van der Waals surface area contributed by atoms with Crippen LogP contribution in [0.5, 0.6) is 0 Å². The number of nitrogens with zero attached hydrogens (tertiary/aromatic N) is 2. The molecule has 1 amide bonds. The number of nitrogens with two attached hydrogens (primary N) is 1. The first-order chi connectivity index (χ1) is 9.79. The molecule has 1 fully saturated rings. The van der Waals surface area contributed by atoms with E-state index < -0.39 is 0 Å². The van der Waals surface area contributed by atoms with Crippen LogP contribution >= 0.6 is 11.8 Å². The first kappa shape index (κ1) is 15.4. The summed E-state index contributed by atoms with van der Waals surface area (Å²) in [6, 6.07) is 10.5. The molecular weight excluding hydrogens is 270 g/mol. The molecule has 1 aliphatic rings. The molecule has 0 spiro atoms. The van der Waals surface area contributed by atoms with Gasteiger partial charge in [0, 0.05) is 45.0 Å². The molecule has 1 heterocycles. The number of amides is 1. The fourth-order valence-corrected chi connectivity index (χ4v) is 3.00. The van der Waals surface area contributed by atoms with Crippen molar-refractivity contribution in [2.24, 2.45) is 5.73 Å². The van der Waals surface area contributed by atoms with Gasteiger partial charge in [0.2, 0.25) is 5.91 Å². The second-order valence-corrected chi connectivity index (χ2v) is 6.09. The number of carbonyl (C=O) groups is 1.